The van der Waals surface area contributed by atoms with Crippen LogP contribution < -0.4 is 10.6 Å². The van der Waals surface area contributed by atoms with E-state index in [0.29, 0.717) is 5.69 Å². The normalized spacial score (nSPS) is 21.9. The molecule has 4 nitrogen and oxygen atoms in total. The molecule has 3 N–H and O–H groups in total. The maximum atomic E-state index is 11.6. The topological polar surface area (TPSA) is 56.9 Å². The van der Waals surface area contributed by atoms with Gasteiger partial charge in [-0.25, -0.2) is 0 Å². The third kappa shape index (κ3) is 2.14. The first-order valence-corrected chi connectivity index (χ1v) is 5.01. The number of piperidine rings is 1. The van der Waals surface area contributed by atoms with Gasteiger partial charge in [-0.3, -0.25) is 4.79 Å². The lowest BCUT2D eigenvalue weighted by molar-refractivity contribution is 0.0926. The Kier molecular flexibility index (Phi) is 2.84. The Labute approximate surface area is 83.1 Å². The van der Waals surface area contributed by atoms with Gasteiger partial charge in [-0.1, -0.05) is 0 Å². The van der Waals surface area contributed by atoms with Crippen LogP contribution in [-0.2, 0) is 0 Å². The zero-order valence-corrected chi connectivity index (χ0v) is 8.05. The van der Waals surface area contributed by atoms with Gasteiger partial charge >= 0.3 is 0 Å². The van der Waals surface area contributed by atoms with Gasteiger partial charge in [-0.05, 0) is 31.5 Å². The lowest BCUT2D eigenvalue weighted by atomic mass is 10.1. The van der Waals surface area contributed by atoms with Crippen molar-refractivity contribution in [1.29, 1.82) is 0 Å². The second-order valence-electron chi connectivity index (χ2n) is 3.60. The molecule has 1 saturated heterocycles. The van der Waals surface area contributed by atoms with Gasteiger partial charge in [-0.2, -0.15) is 0 Å². The molecule has 1 fully saturated rings. The molecule has 1 aliphatic heterocycles. The number of carbonyl (C=O) groups excluding carboxylic acids is 1. The molecule has 2 rings (SSSR count). The van der Waals surface area contributed by atoms with Crippen molar-refractivity contribution in [1.82, 2.24) is 15.6 Å². The van der Waals surface area contributed by atoms with Gasteiger partial charge in [0.2, 0.25) is 0 Å². The van der Waals surface area contributed by atoms with E-state index in [4.69, 9.17) is 0 Å². The van der Waals surface area contributed by atoms with Gasteiger partial charge in [0.05, 0.1) is 0 Å². The number of aromatic amines is 1. The van der Waals surface area contributed by atoms with E-state index in [1.54, 1.807) is 12.3 Å². The number of nitrogens with one attached hydrogen (secondary N) is 3. The first kappa shape index (κ1) is 9.27. The standard InChI is InChI=1S/C10H15N3O/c14-10(9-4-2-6-12-9)13-8-3-1-5-11-7-8/h2,4,6,8,11-12H,1,3,5,7H2,(H,13,14)/t8-/m0/s1. The maximum absolute atomic E-state index is 11.6. The van der Waals surface area contributed by atoms with Crippen LogP contribution in [0.15, 0.2) is 18.3 Å². The Morgan fingerprint density at radius 2 is 2.50 bits per heavy atom. The van der Waals surface area contributed by atoms with Gasteiger partial charge in [0.1, 0.15) is 5.69 Å². The molecule has 1 aliphatic rings. The van der Waals surface area contributed by atoms with Crippen LogP contribution in [0.25, 0.3) is 0 Å². The van der Waals surface area contributed by atoms with Gasteiger partial charge < -0.3 is 15.6 Å². The summed E-state index contributed by atoms with van der Waals surface area (Å²) in [5.74, 6) is -0.0105. The van der Waals surface area contributed by atoms with E-state index in [1.165, 1.54) is 0 Å². The Morgan fingerprint density at radius 1 is 1.57 bits per heavy atom. The molecule has 0 bridgehead atoms. The molecule has 14 heavy (non-hydrogen) atoms. The lowest BCUT2D eigenvalue weighted by Crippen LogP contribution is -2.45. The smallest absolute Gasteiger partial charge is 0.267 e. The van der Waals surface area contributed by atoms with Crippen LogP contribution in [0.1, 0.15) is 23.3 Å². The van der Waals surface area contributed by atoms with E-state index in [2.05, 4.69) is 15.6 Å². The van der Waals surface area contributed by atoms with Crippen molar-refractivity contribution in [2.75, 3.05) is 13.1 Å². The molecule has 0 unspecified atom stereocenters. The van der Waals surface area contributed by atoms with Crippen LogP contribution in [0.2, 0.25) is 0 Å². The van der Waals surface area contributed by atoms with Crippen molar-refractivity contribution in [3.63, 3.8) is 0 Å². The fourth-order valence-electron chi connectivity index (χ4n) is 1.71. The summed E-state index contributed by atoms with van der Waals surface area (Å²) in [6.45, 7) is 1.95. The van der Waals surface area contributed by atoms with E-state index in [9.17, 15) is 4.79 Å². The number of aromatic nitrogens is 1. The fourth-order valence-corrected chi connectivity index (χ4v) is 1.71. The molecule has 1 atom stereocenters. The summed E-state index contributed by atoms with van der Waals surface area (Å²) < 4.78 is 0. The number of H-pyrrole nitrogens is 1. The number of amides is 1. The Morgan fingerprint density at radius 3 is 3.14 bits per heavy atom. The molecule has 0 saturated carbocycles. The quantitative estimate of drug-likeness (QED) is 0.640. The molecular weight excluding hydrogens is 178 g/mol. The zero-order valence-electron chi connectivity index (χ0n) is 8.05. The SMILES string of the molecule is O=C(N[C@H]1CCCNC1)c1ccc[nH]1. The van der Waals surface area contributed by atoms with Crippen LogP contribution in [0.3, 0.4) is 0 Å². The van der Waals surface area contributed by atoms with E-state index in [-0.39, 0.29) is 11.9 Å². The van der Waals surface area contributed by atoms with Crippen molar-refractivity contribution in [3.05, 3.63) is 24.0 Å². The summed E-state index contributed by atoms with van der Waals surface area (Å²) in [6.07, 6.45) is 3.96. The Balaban J connectivity index is 1.87. The second kappa shape index (κ2) is 4.28. The van der Waals surface area contributed by atoms with E-state index in [1.807, 2.05) is 6.07 Å². The lowest BCUT2D eigenvalue weighted by Gasteiger charge is -2.23. The first-order chi connectivity index (χ1) is 6.86. The summed E-state index contributed by atoms with van der Waals surface area (Å²) in [5.41, 5.74) is 0.635. The Bertz CT molecular complexity index is 288. The summed E-state index contributed by atoms with van der Waals surface area (Å²) in [7, 11) is 0. The molecule has 1 aromatic heterocycles. The van der Waals surface area contributed by atoms with Crippen molar-refractivity contribution >= 4 is 5.91 Å². The van der Waals surface area contributed by atoms with Crippen LogP contribution in [0, 0.1) is 0 Å². The third-order valence-corrected chi connectivity index (χ3v) is 2.47. The molecule has 4 heteroatoms. The summed E-state index contributed by atoms with van der Waals surface area (Å²) in [4.78, 5) is 14.5. The molecule has 0 spiro atoms. The van der Waals surface area contributed by atoms with Crippen LogP contribution in [0.4, 0.5) is 0 Å². The van der Waals surface area contributed by atoms with Crippen molar-refractivity contribution in [3.8, 4) is 0 Å². The van der Waals surface area contributed by atoms with Gasteiger partial charge in [0, 0.05) is 18.8 Å². The van der Waals surface area contributed by atoms with E-state index >= 15 is 0 Å². The molecule has 1 amide bonds. The predicted octanol–water partition coefficient (Wildman–Crippen LogP) is 0.496. The monoisotopic (exact) mass is 193 g/mol. The summed E-state index contributed by atoms with van der Waals surface area (Å²) >= 11 is 0. The predicted molar refractivity (Wildman–Crippen MR) is 54.2 cm³/mol. The van der Waals surface area contributed by atoms with Gasteiger partial charge in [-0.15, -0.1) is 0 Å². The molecule has 0 radical (unpaired) electrons. The van der Waals surface area contributed by atoms with Crippen molar-refractivity contribution in [2.45, 2.75) is 18.9 Å². The van der Waals surface area contributed by atoms with Crippen molar-refractivity contribution < 1.29 is 4.79 Å². The van der Waals surface area contributed by atoms with E-state index < -0.39 is 0 Å². The summed E-state index contributed by atoms with van der Waals surface area (Å²) in [5, 5.41) is 6.25. The maximum Gasteiger partial charge on any atom is 0.267 e. The molecule has 0 aliphatic carbocycles. The second-order valence-corrected chi connectivity index (χ2v) is 3.60. The molecule has 2 heterocycles. The minimum Gasteiger partial charge on any atom is -0.357 e. The minimum atomic E-state index is -0.0105. The van der Waals surface area contributed by atoms with Gasteiger partial charge in [0.25, 0.3) is 5.91 Å². The number of hydrogen-bond acceptors (Lipinski definition) is 2. The highest BCUT2D eigenvalue weighted by molar-refractivity contribution is 5.92. The molecule has 1 aromatic rings. The number of hydrogen-bond donors (Lipinski definition) is 3. The largest absolute Gasteiger partial charge is 0.357 e. The molecule has 76 valence electrons. The zero-order chi connectivity index (χ0) is 9.80. The highest BCUT2D eigenvalue weighted by atomic mass is 16.1. The fraction of sp³-hybridized carbons (Fsp3) is 0.500. The average Bonchev–Trinajstić information content (AvgIpc) is 2.72. The highest BCUT2D eigenvalue weighted by Gasteiger charge is 2.16. The van der Waals surface area contributed by atoms with Crippen LogP contribution in [-0.4, -0.2) is 30.0 Å². The third-order valence-electron chi connectivity index (χ3n) is 2.47. The Hall–Kier alpha value is -1.29. The van der Waals surface area contributed by atoms with E-state index in [0.717, 1.165) is 25.9 Å². The number of rotatable bonds is 2. The average molecular weight is 193 g/mol. The summed E-state index contributed by atoms with van der Waals surface area (Å²) in [6, 6.07) is 3.89. The minimum absolute atomic E-state index is 0.0105. The van der Waals surface area contributed by atoms with Crippen molar-refractivity contribution in [2.24, 2.45) is 0 Å². The van der Waals surface area contributed by atoms with Crippen LogP contribution >= 0.6 is 0 Å². The van der Waals surface area contributed by atoms with Gasteiger partial charge in [0.15, 0.2) is 0 Å². The molecule has 0 aromatic carbocycles. The number of carbonyl (C=O) groups is 1. The van der Waals surface area contributed by atoms with Crippen LogP contribution in [0.5, 0.6) is 0 Å². The highest BCUT2D eigenvalue weighted by Crippen LogP contribution is 2.02. The first-order valence-electron chi connectivity index (χ1n) is 5.01. The molecular formula is C10H15N3O.